The SMILES string of the molecule is CCNCc1c(S(=O)(=O)NC2CC2CC)n[nH]c1C. The summed E-state index contributed by atoms with van der Waals surface area (Å²) in [4.78, 5) is 0. The molecule has 1 aromatic heterocycles. The van der Waals surface area contributed by atoms with Gasteiger partial charge in [-0.25, -0.2) is 13.1 Å². The summed E-state index contributed by atoms with van der Waals surface area (Å²) in [7, 11) is -3.51. The van der Waals surface area contributed by atoms with Gasteiger partial charge in [0.15, 0.2) is 5.03 Å². The average Bonchev–Trinajstić information content (AvgIpc) is 2.98. The lowest BCUT2D eigenvalue weighted by atomic mass is 10.2. The Morgan fingerprint density at radius 3 is 2.74 bits per heavy atom. The average molecular weight is 286 g/mol. The summed E-state index contributed by atoms with van der Waals surface area (Å²) in [5.41, 5.74) is 1.52. The molecule has 7 heteroatoms. The fourth-order valence-corrected chi connectivity index (χ4v) is 3.72. The monoisotopic (exact) mass is 286 g/mol. The molecule has 19 heavy (non-hydrogen) atoms. The lowest BCUT2D eigenvalue weighted by Crippen LogP contribution is -2.29. The van der Waals surface area contributed by atoms with Crippen LogP contribution in [-0.2, 0) is 16.6 Å². The molecule has 1 heterocycles. The number of nitrogens with zero attached hydrogens (tertiary/aromatic N) is 1. The van der Waals surface area contributed by atoms with E-state index in [0.29, 0.717) is 12.5 Å². The molecule has 0 spiro atoms. The highest BCUT2D eigenvalue weighted by molar-refractivity contribution is 7.89. The van der Waals surface area contributed by atoms with E-state index in [0.717, 1.165) is 30.6 Å². The van der Waals surface area contributed by atoms with Gasteiger partial charge >= 0.3 is 0 Å². The molecule has 2 unspecified atom stereocenters. The molecule has 1 fully saturated rings. The van der Waals surface area contributed by atoms with Crippen molar-refractivity contribution in [1.29, 1.82) is 0 Å². The first-order chi connectivity index (χ1) is 8.99. The number of rotatable bonds is 7. The van der Waals surface area contributed by atoms with E-state index in [1.165, 1.54) is 0 Å². The Morgan fingerprint density at radius 2 is 2.16 bits per heavy atom. The highest BCUT2D eigenvalue weighted by atomic mass is 32.2. The van der Waals surface area contributed by atoms with Crippen LogP contribution < -0.4 is 10.0 Å². The molecule has 1 aliphatic carbocycles. The fourth-order valence-electron chi connectivity index (χ4n) is 2.21. The topological polar surface area (TPSA) is 86.9 Å². The van der Waals surface area contributed by atoms with Gasteiger partial charge in [0.1, 0.15) is 0 Å². The third-order valence-corrected chi connectivity index (χ3v) is 5.06. The summed E-state index contributed by atoms with van der Waals surface area (Å²) >= 11 is 0. The Morgan fingerprint density at radius 1 is 1.42 bits per heavy atom. The van der Waals surface area contributed by atoms with Gasteiger partial charge in [-0.3, -0.25) is 5.10 Å². The minimum atomic E-state index is -3.51. The lowest BCUT2D eigenvalue weighted by Gasteiger charge is -2.07. The van der Waals surface area contributed by atoms with E-state index in [9.17, 15) is 8.42 Å². The number of hydrogen-bond donors (Lipinski definition) is 3. The maximum absolute atomic E-state index is 12.3. The summed E-state index contributed by atoms with van der Waals surface area (Å²) in [5, 5.41) is 9.99. The van der Waals surface area contributed by atoms with Crippen molar-refractivity contribution >= 4 is 10.0 Å². The van der Waals surface area contributed by atoms with E-state index in [1.807, 2.05) is 13.8 Å². The van der Waals surface area contributed by atoms with Crippen molar-refractivity contribution in [1.82, 2.24) is 20.2 Å². The van der Waals surface area contributed by atoms with Crippen LogP contribution in [0.4, 0.5) is 0 Å². The first-order valence-corrected chi connectivity index (χ1v) is 8.24. The number of hydrogen-bond acceptors (Lipinski definition) is 4. The Bertz CT molecular complexity index is 538. The molecule has 0 saturated heterocycles. The van der Waals surface area contributed by atoms with Crippen LogP contribution in [0.2, 0.25) is 0 Å². The van der Waals surface area contributed by atoms with Crippen molar-refractivity contribution in [2.24, 2.45) is 5.92 Å². The molecular formula is C12H22N4O2S. The van der Waals surface area contributed by atoms with Crippen LogP contribution >= 0.6 is 0 Å². The van der Waals surface area contributed by atoms with Gasteiger partial charge in [0.2, 0.25) is 0 Å². The Labute approximate surface area is 114 Å². The molecule has 1 aliphatic rings. The van der Waals surface area contributed by atoms with Gasteiger partial charge in [-0.05, 0) is 25.8 Å². The molecule has 0 bridgehead atoms. The third-order valence-electron chi connectivity index (χ3n) is 3.60. The number of sulfonamides is 1. The van der Waals surface area contributed by atoms with Crippen molar-refractivity contribution in [3.05, 3.63) is 11.3 Å². The molecular weight excluding hydrogens is 264 g/mol. The molecule has 2 atom stereocenters. The highest BCUT2D eigenvalue weighted by Gasteiger charge is 2.39. The fraction of sp³-hybridized carbons (Fsp3) is 0.750. The van der Waals surface area contributed by atoms with Crippen molar-refractivity contribution in [3.8, 4) is 0 Å². The zero-order valence-corrected chi connectivity index (χ0v) is 12.5. The van der Waals surface area contributed by atoms with Gasteiger partial charge in [0.25, 0.3) is 10.0 Å². The molecule has 2 rings (SSSR count). The molecule has 1 aromatic rings. The number of aromatic nitrogens is 2. The maximum Gasteiger partial charge on any atom is 0.260 e. The summed E-state index contributed by atoms with van der Waals surface area (Å²) in [6.07, 6.45) is 1.94. The standard InChI is InChI=1S/C12H22N4O2S/c1-4-9-6-11(9)16-19(17,18)12-10(7-13-5-2)8(3)14-15-12/h9,11,13,16H,4-7H2,1-3H3,(H,14,15). The van der Waals surface area contributed by atoms with Crippen LogP contribution in [0.1, 0.15) is 37.9 Å². The second-order valence-corrected chi connectivity index (χ2v) is 6.67. The maximum atomic E-state index is 12.3. The van der Waals surface area contributed by atoms with Crippen LogP contribution in [0.25, 0.3) is 0 Å². The Hall–Kier alpha value is -0.920. The smallest absolute Gasteiger partial charge is 0.260 e. The second-order valence-electron chi connectivity index (χ2n) is 5.04. The minimum absolute atomic E-state index is 0.0824. The van der Waals surface area contributed by atoms with Gasteiger partial charge in [-0.2, -0.15) is 5.10 Å². The third kappa shape index (κ3) is 3.16. The number of aryl methyl sites for hydroxylation is 1. The molecule has 6 nitrogen and oxygen atoms in total. The van der Waals surface area contributed by atoms with Gasteiger partial charge in [-0.1, -0.05) is 20.3 Å². The van der Waals surface area contributed by atoms with E-state index in [1.54, 1.807) is 0 Å². The molecule has 0 radical (unpaired) electrons. The van der Waals surface area contributed by atoms with E-state index >= 15 is 0 Å². The zero-order valence-electron chi connectivity index (χ0n) is 11.7. The largest absolute Gasteiger partial charge is 0.313 e. The van der Waals surface area contributed by atoms with E-state index < -0.39 is 10.0 Å². The van der Waals surface area contributed by atoms with Gasteiger partial charge in [0.05, 0.1) is 0 Å². The van der Waals surface area contributed by atoms with Crippen LogP contribution in [-0.4, -0.2) is 31.2 Å². The van der Waals surface area contributed by atoms with E-state index in [2.05, 4.69) is 27.2 Å². The zero-order chi connectivity index (χ0) is 14.0. The van der Waals surface area contributed by atoms with E-state index in [-0.39, 0.29) is 11.1 Å². The van der Waals surface area contributed by atoms with Crippen molar-refractivity contribution < 1.29 is 8.42 Å². The molecule has 0 amide bonds. The van der Waals surface area contributed by atoms with Gasteiger partial charge < -0.3 is 5.32 Å². The van der Waals surface area contributed by atoms with Crippen LogP contribution in [0.3, 0.4) is 0 Å². The summed E-state index contributed by atoms with van der Waals surface area (Å²) in [6.45, 7) is 7.20. The number of aromatic amines is 1. The van der Waals surface area contributed by atoms with Crippen molar-refractivity contribution in [2.75, 3.05) is 6.54 Å². The highest BCUT2D eigenvalue weighted by Crippen LogP contribution is 2.34. The Kier molecular flexibility index (Phi) is 4.27. The van der Waals surface area contributed by atoms with Crippen molar-refractivity contribution in [2.45, 2.75) is 51.2 Å². The van der Waals surface area contributed by atoms with Crippen LogP contribution in [0, 0.1) is 12.8 Å². The predicted octanol–water partition coefficient (Wildman–Crippen LogP) is 0.904. The predicted molar refractivity (Wildman–Crippen MR) is 73.2 cm³/mol. The first-order valence-electron chi connectivity index (χ1n) is 6.76. The summed E-state index contributed by atoms with van der Waals surface area (Å²) in [6, 6.07) is 0.0824. The van der Waals surface area contributed by atoms with Crippen LogP contribution in [0.5, 0.6) is 0 Å². The molecule has 0 aliphatic heterocycles. The number of nitrogens with one attached hydrogen (secondary N) is 3. The normalized spacial score (nSPS) is 22.7. The quantitative estimate of drug-likeness (QED) is 0.695. The summed E-state index contributed by atoms with van der Waals surface area (Å²) in [5.74, 6) is 0.479. The van der Waals surface area contributed by atoms with Crippen molar-refractivity contribution in [3.63, 3.8) is 0 Å². The Balaban J connectivity index is 2.16. The number of H-pyrrole nitrogens is 1. The van der Waals surface area contributed by atoms with Gasteiger partial charge in [-0.15, -0.1) is 0 Å². The molecule has 3 N–H and O–H groups in total. The van der Waals surface area contributed by atoms with Crippen LogP contribution in [0.15, 0.2) is 5.03 Å². The molecule has 1 saturated carbocycles. The minimum Gasteiger partial charge on any atom is -0.313 e. The second kappa shape index (κ2) is 5.60. The first kappa shape index (κ1) is 14.5. The van der Waals surface area contributed by atoms with Gasteiger partial charge in [0, 0.05) is 23.8 Å². The summed E-state index contributed by atoms with van der Waals surface area (Å²) < 4.78 is 27.4. The molecule has 108 valence electrons. The van der Waals surface area contributed by atoms with E-state index in [4.69, 9.17) is 0 Å². The lowest BCUT2D eigenvalue weighted by molar-refractivity contribution is 0.569. The molecule has 0 aromatic carbocycles.